The molecule has 3 amide bonds. The Balaban J connectivity index is 1.51. The zero-order valence-electron chi connectivity index (χ0n) is 26.4. The van der Waals surface area contributed by atoms with E-state index in [1.807, 2.05) is 61.5 Å². The summed E-state index contributed by atoms with van der Waals surface area (Å²) in [6, 6.07) is 16.1. The summed E-state index contributed by atoms with van der Waals surface area (Å²) in [5.74, 6) is -1.60. The number of carbonyl (C=O) groups is 3. The number of nitrogens with zero attached hydrogens (tertiary/aromatic N) is 3. The topological polar surface area (TPSA) is 99.6 Å². The number of anilines is 1. The Kier molecular flexibility index (Phi) is 11.0. The van der Waals surface area contributed by atoms with Crippen molar-refractivity contribution in [2.75, 3.05) is 37.7 Å². The number of aliphatic hydroxyl groups excluding tert-OH is 1. The second-order valence-electron chi connectivity index (χ2n) is 12.1. The molecule has 2 aromatic carbocycles. The van der Waals surface area contributed by atoms with Crippen LogP contribution in [-0.4, -0.2) is 88.0 Å². The zero-order chi connectivity index (χ0) is 32.8. The van der Waals surface area contributed by atoms with Crippen molar-refractivity contribution in [3.8, 4) is 5.75 Å². The molecule has 10 heteroatoms. The van der Waals surface area contributed by atoms with E-state index in [0.717, 1.165) is 5.56 Å². The largest absolute Gasteiger partial charge is 0.494 e. The van der Waals surface area contributed by atoms with Gasteiger partial charge < -0.3 is 29.3 Å². The number of unbranched alkanes of at least 4 members (excludes halogenated alkanes) is 2. The minimum Gasteiger partial charge on any atom is -0.494 e. The smallest absolute Gasteiger partial charge is 0.248 e. The maximum absolute atomic E-state index is 14.7. The normalized spacial score (nSPS) is 26.1. The lowest BCUT2D eigenvalue weighted by molar-refractivity contribution is -0.148. The second kappa shape index (κ2) is 15.0. The van der Waals surface area contributed by atoms with Crippen molar-refractivity contribution in [2.24, 2.45) is 11.8 Å². The fraction of sp³-hybridized carbons (Fsp3) is 0.472. The quantitative estimate of drug-likeness (QED) is 0.155. The van der Waals surface area contributed by atoms with Gasteiger partial charge in [0.05, 0.1) is 24.5 Å². The van der Waals surface area contributed by atoms with Crippen LogP contribution in [0.25, 0.3) is 0 Å². The van der Waals surface area contributed by atoms with E-state index in [4.69, 9.17) is 9.47 Å². The molecule has 3 saturated heterocycles. The third-order valence-electron chi connectivity index (χ3n) is 9.28. The number of fused-ring (bicyclic) bond motifs is 1. The molecule has 246 valence electrons. The average Bonchev–Trinajstić information content (AvgIpc) is 3.65. The van der Waals surface area contributed by atoms with E-state index in [1.165, 1.54) is 0 Å². The number of alkyl halides is 1. The van der Waals surface area contributed by atoms with Gasteiger partial charge in [-0.2, -0.15) is 0 Å². The summed E-state index contributed by atoms with van der Waals surface area (Å²) in [7, 11) is 0. The maximum atomic E-state index is 14.7. The highest BCUT2D eigenvalue weighted by Crippen LogP contribution is 2.60. The molecule has 5 rings (SSSR count). The van der Waals surface area contributed by atoms with Crippen LogP contribution < -0.4 is 9.64 Å². The number of hydrogen-bond donors (Lipinski definition) is 1. The van der Waals surface area contributed by atoms with Crippen molar-refractivity contribution in [3.63, 3.8) is 0 Å². The van der Waals surface area contributed by atoms with Crippen LogP contribution in [-0.2, 0) is 25.7 Å². The zero-order valence-corrected chi connectivity index (χ0v) is 28.0. The third-order valence-corrected chi connectivity index (χ3v) is 10.1. The molecule has 3 heterocycles. The van der Waals surface area contributed by atoms with E-state index in [0.29, 0.717) is 63.4 Å². The van der Waals surface area contributed by atoms with E-state index < -0.39 is 29.6 Å². The van der Waals surface area contributed by atoms with E-state index in [2.05, 4.69) is 29.1 Å². The molecule has 6 atom stereocenters. The molecule has 46 heavy (non-hydrogen) atoms. The minimum absolute atomic E-state index is 0.0599. The Labute approximate surface area is 280 Å². The summed E-state index contributed by atoms with van der Waals surface area (Å²) in [5, 5.41) is 9.36. The van der Waals surface area contributed by atoms with Gasteiger partial charge >= 0.3 is 0 Å². The molecule has 3 aliphatic heterocycles. The fourth-order valence-electron chi connectivity index (χ4n) is 7.39. The lowest BCUT2D eigenvalue weighted by atomic mass is 9.70. The molecular weight excluding hydrogens is 650 g/mol. The first-order valence-electron chi connectivity index (χ1n) is 16.1. The van der Waals surface area contributed by atoms with Gasteiger partial charge in [-0.1, -0.05) is 58.4 Å². The van der Waals surface area contributed by atoms with Crippen LogP contribution in [0.3, 0.4) is 0 Å². The Morgan fingerprint density at radius 1 is 1.07 bits per heavy atom. The molecule has 0 aliphatic carbocycles. The lowest BCUT2D eigenvalue weighted by Gasteiger charge is -2.37. The Morgan fingerprint density at radius 2 is 1.78 bits per heavy atom. The molecule has 0 aromatic heterocycles. The van der Waals surface area contributed by atoms with E-state index in [1.54, 1.807) is 26.9 Å². The standard InChI is InChI=1S/C36H44BrN3O6/c1-4-19-38(24-25-13-9-7-10-14-25)35(44)32-36-23-28(37)31(46-36)29(30(36)34(43)40(32)21-11-8-12-22-41)33(42)39(20-5-2)26-15-17-27(18-16-26)45-6-3/h4-5,7,9-10,13-18,28-32,41H,1-2,6,8,11-12,19-24H2,3H3/t28?,29-,30-,31-,32?,36?/m0/s1. The predicted octanol–water partition coefficient (Wildman–Crippen LogP) is 4.73. The summed E-state index contributed by atoms with van der Waals surface area (Å²) in [5.41, 5.74) is 0.457. The number of aliphatic hydroxyl groups is 1. The number of benzene rings is 2. The van der Waals surface area contributed by atoms with Crippen molar-refractivity contribution in [1.82, 2.24) is 9.80 Å². The summed E-state index contributed by atoms with van der Waals surface area (Å²) in [6.07, 6.45) is 5.13. The first kappa shape index (κ1) is 33.9. The van der Waals surface area contributed by atoms with Crippen LogP contribution in [0.1, 0.15) is 38.2 Å². The number of carbonyl (C=O) groups excluding carboxylic acids is 3. The summed E-state index contributed by atoms with van der Waals surface area (Å²) in [4.78, 5) is 48.5. The number of ether oxygens (including phenoxy) is 2. The van der Waals surface area contributed by atoms with Gasteiger partial charge in [-0.3, -0.25) is 14.4 Å². The Morgan fingerprint density at radius 3 is 2.43 bits per heavy atom. The molecule has 3 fully saturated rings. The number of likely N-dealkylation sites (tertiary alicyclic amines) is 1. The highest BCUT2D eigenvalue weighted by molar-refractivity contribution is 9.09. The van der Waals surface area contributed by atoms with Crippen LogP contribution in [0.15, 0.2) is 79.9 Å². The van der Waals surface area contributed by atoms with Crippen LogP contribution in [0.4, 0.5) is 5.69 Å². The summed E-state index contributed by atoms with van der Waals surface area (Å²) < 4.78 is 12.4. The average molecular weight is 695 g/mol. The van der Waals surface area contributed by atoms with Gasteiger partial charge in [-0.15, -0.1) is 13.2 Å². The van der Waals surface area contributed by atoms with E-state index in [-0.39, 0.29) is 35.7 Å². The minimum atomic E-state index is -1.17. The van der Waals surface area contributed by atoms with Crippen LogP contribution in [0.5, 0.6) is 5.75 Å². The number of rotatable bonds is 16. The van der Waals surface area contributed by atoms with Crippen molar-refractivity contribution < 1.29 is 29.0 Å². The molecule has 2 bridgehead atoms. The summed E-state index contributed by atoms with van der Waals surface area (Å²) in [6.45, 7) is 11.5. The third kappa shape index (κ3) is 6.39. The van der Waals surface area contributed by atoms with Crippen molar-refractivity contribution in [3.05, 3.63) is 85.5 Å². The van der Waals surface area contributed by atoms with Crippen LogP contribution in [0, 0.1) is 11.8 Å². The lowest BCUT2D eigenvalue weighted by Crippen LogP contribution is -2.57. The second-order valence-corrected chi connectivity index (χ2v) is 13.3. The Bertz CT molecular complexity index is 1400. The molecule has 0 saturated carbocycles. The van der Waals surface area contributed by atoms with Crippen molar-refractivity contribution in [1.29, 1.82) is 0 Å². The van der Waals surface area contributed by atoms with Crippen molar-refractivity contribution >= 4 is 39.3 Å². The molecule has 1 spiro atoms. The molecule has 2 aromatic rings. The number of hydrogen-bond acceptors (Lipinski definition) is 6. The van der Waals surface area contributed by atoms with Gasteiger partial charge in [-0.25, -0.2) is 0 Å². The highest BCUT2D eigenvalue weighted by Gasteiger charge is 2.76. The van der Waals surface area contributed by atoms with Gasteiger partial charge in [0.25, 0.3) is 0 Å². The highest BCUT2D eigenvalue weighted by atomic mass is 79.9. The molecule has 3 unspecified atom stereocenters. The molecular formula is C36H44BrN3O6. The Hall–Kier alpha value is -3.47. The SMILES string of the molecule is C=CCN(Cc1ccccc1)C(=O)C1N(CCCCCO)C(=O)[C@@H]2[C@H](C(=O)N(CC=C)c3ccc(OCC)cc3)[C@H]3OC12CC3Br. The van der Waals surface area contributed by atoms with Gasteiger partial charge in [0.1, 0.15) is 17.4 Å². The van der Waals surface area contributed by atoms with Crippen LogP contribution in [0.2, 0.25) is 0 Å². The molecule has 0 radical (unpaired) electrons. The van der Waals surface area contributed by atoms with Crippen molar-refractivity contribution in [2.45, 2.75) is 61.7 Å². The van der Waals surface area contributed by atoms with Crippen LogP contribution >= 0.6 is 15.9 Å². The van der Waals surface area contributed by atoms with Gasteiger partial charge in [0.2, 0.25) is 17.7 Å². The van der Waals surface area contributed by atoms with E-state index in [9.17, 15) is 19.5 Å². The maximum Gasteiger partial charge on any atom is 0.248 e. The van der Waals surface area contributed by atoms with Gasteiger partial charge in [0, 0.05) is 43.3 Å². The van der Waals surface area contributed by atoms with Gasteiger partial charge in [-0.05, 0) is 62.4 Å². The fourth-order valence-corrected chi connectivity index (χ4v) is 8.33. The first-order valence-corrected chi connectivity index (χ1v) is 17.0. The predicted molar refractivity (Wildman–Crippen MR) is 181 cm³/mol. The first-order chi connectivity index (χ1) is 22.3. The number of amides is 3. The molecule has 1 N–H and O–H groups in total. The summed E-state index contributed by atoms with van der Waals surface area (Å²) >= 11 is 3.79. The molecule has 3 aliphatic rings. The number of halogens is 1. The molecule has 9 nitrogen and oxygen atoms in total. The van der Waals surface area contributed by atoms with Gasteiger partial charge in [0.15, 0.2) is 0 Å². The monoisotopic (exact) mass is 693 g/mol. The van der Waals surface area contributed by atoms with E-state index >= 15 is 0 Å².